The maximum atomic E-state index is 9.87. The summed E-state index contributed by atoms with van der Waals surface area (Å²) in [6.07, 6.45) is 0.0197. The minimum absolute atomic E-state index is 0.234. The molecule has 158 valence electrons. The van der Waals surface area contributed by atoms with E-state index in [2.05, 4.69) is 19.9 Å². The van der Waals surface area contributed by atoms with Crippen molar-refractivity contribution in [2.75, 3.05) is 13.2 Å². The van der Waals surface area contributed by atoms with Crippen LogP contribution in [0.4, 0.5) is 0 Å². The number of nitrogens with zero attached hydrogens (tertiary/aromatic N) is 3. The van der Waals surface area contributed by atoms with E-state index in [0.29, 0.717) is 28.5 Å². The molecule has 0 saturated carbocycles. The number of benzene rings is 1. The van der Waals surface area contributed by atoms with E-state index in [0.717, 1.165) is 10.9 Å². The first-order chi connectivity index (χ1) is 15.1. The number of pyridine rings is 2. The lowest BCUT2D eigenvalue weighted by Crippen LogP contribution is -2.34. The SMILES string of the molecule is O[C@@H]1COC2[C@H](Oc3nc4nc(Oc5ccc6ncccc6c5)c(Cl)cc4[nH]3)CO[C@@H]21. The zero-order chi connectivity index (χ0) is 20.9. The molecule has 0 radical (unpaired) electrons. The van der Waals surface area contributed by atoms with E-state index < -0.39 is 6.10 Å². The largest absolute Gasteiger partial charge is 0.456 e. The average molecular weight is 441 g/mol. The van der Waals surface area contributed by atoms with E-state index in [1.807, 2.05) is 30.3 Å². The van der Waals surface area contributed by atoms with Gasteiger partial charge in [0.05, 0.1) is 24.2 Å². The van der Waals surface area contributed by atoms with Gasteiger partial charge in [-0.2, -0.15) is 9.97 Å². The van der Waals surface area contributed by atoms with Crippen molar-refractivity contribution in [3.05, 3.63) is 47.6 Å². The molecule has 4 atom stereocenters. The molecular weight excluding hydrogens is 424 g/mol. The van der Waals surface area contributed by atoms with E-state index in [-0.39, 0.29) is 36.8 Å². The summed E-state index contributed by atoms with van der Waals surface area (Å²) in [4.78, 5) is 16.2. The van der Waals surface area contributed by atoms with Crippen LogP contribution < -0.4 is 9.47 Å². The molecule has 5 heterocycles. The van der Waals surface area contributed by atoms with E-state index in [4.69, 9.17) is 30.5 Å². The molecule has 1 aromatic carbocycles. The fourth-order valence-corrected chi connectivity index (χ4v) is 4.11. The first kappa shape index (κ1) is 18.8. The zero-order valence-electron chi connectivity index (χ0n) is 16.1. The first-order valence-corrected chi connectivity index (χ1v) is 10.2. The van der Waals surface area contributed by atoms with E-state index >= 15 is 0 Å². The number of aromatic amines is 1. The summed E-state index contributed by atoms with van der Waals surface area (Å²) in [5.41, 5.74) is 1.88. The molecule has 0 aliphatic carbocycles. The Morgan fingerprint density at radius 3 is 2.94 bits per heavy atom. The molecule has 10 heteroatoms. The average Bonchev–Trinajstić information content (AvgIpc) is 3.45. The lowest BCUT2D eigenvalue weighted by atomic mass is 10.1. The molecule has 2 N–H and O–H groups in total. The lowest BCUT2D eigenvalue weighted by Gasteiger charge is -2.15. The summed E-state index contributed by atoms with van der Waals surface area (Å²) >= 11 is 6.38. The molecule has 4 aromatic rings. The lowest BCUT2D eigenvalue weighted by molar-refractivity contribution is 0.00706. The van der Waals surface area contributed by atoms with Crippen molar-refractivity contribution in [1.82, 2.24) is 19.9 Å². The molecular formula is C21H17ClN4O5. The standard InChI is InChI=1S/C21H17ClN4O5/c22-12-7-14-19(25-20(12)30-11-3-4-13-10(6-11)2-1-5-23-13)26-21(24-14)31-16-9-29-17-15(27)8-28-18(16)17/h1-7,15-18,27H,8-9H2,(H,24,25,26)/t15-,16-,17-,18?/m1/s1. The van der Waals surface area contributed by atoms with Crippen LogP contribution in [0.5, 0.6) is 17.6 Å². The number of nitrogens with one attached hydrogen (secondary N) is 1. The van der Waals surface area contributed by atoms with E-state index in [9.17, 15) is 5.11 Å². The van der Waals surface area contributed by atoms with Crippen LogP contribution in [0.1, 0.15) is 0 Å². The Morgan fingerprint density at radius 1 is 1.10 bits per heavy atom. The van der Waals surface area contributed by atoms with Crippen LogP contribution in [0.2, 0.25) is 5.02 Å². The summed E-state index contributed by atoms with van der Waals surface area (Å²) in [7, 11) is 0. The number of hydrogen-bond donors (Lipinski definition) is 2. The van der Waals surface area contributed by atoms with Gasteiger partial charge >= 0.3 is 0 Å². The maximum Gasteiger partial charge on any atom is 0.296 e. The van der Waals surface area contributed by atoms with Crippen LogP contribution in [0.3, 0.4) is 0 Å². The third kappa shape index (κ3) is 3.35. The number of hydrogen-bond acceptors (Lipinski definition) is 8. The van der Waals surface area contributed by atoms with Gasteiger partial charge in [0.1, 0.15) is 29.1 Å². The van der Waals surface area contributed by atoms with Gasteiger partial charge in [-0.05, 0) is 30.3 Å². The summed E-state index contributed by atoms with van der Waals surface area (Å²) < 4.78 is 23.0. The van der Waals surface area contributed by atoms with Gasteiger partial charge in [-0.1, -0.05) is 17.7 Å². The number of aromatic nitrogens is 4. The minimum atomic E-state index is -0.639. The van der Waals surface area contributed by atoms with Gasteiger partial charge in [0.2, 0.25) is 5.88 Å². The highest BCUT2D eigenvalue weighted by molar-refractivity contribution is 6.32. The Hall–Kier alpha value is -2.98. The highest BCUT2D eigenvalue weighted by Crippen LogP contribution is 2.33. The Morgan fingerprint density at radius 2 is 2.00 bits per heavy atom. The van der Waals surface area contributed by atoms with Crippen LogP contribution in [-0.2, 0) is 9.47 Å². The molecule has 2 aliphatic heterocycles. The summed E-state index contributed by atoms with van der Waals surface area (Å²) in [6, 6.07) is 11.3. The normalized spacial score (nSPS) is 25.2. The van der Waals surface area contributed by atoms with Crippen molar-refractivity contribution in [2.24, 2.45) is 0 Å². The van der Waals surface area contributed by atoms with Crippen molar-refractivity contribution < 1.29 is 24.1 Å². The Labute approximate surface area is 180 Å². The monoisotopic (exact) mass is 440 g/mol. The maximum absolute atomic E-state index is 9.87. The highest BCUT2D eigenvalue weighted by Gasteiger charge is 2.48. The first-order valence-electron chi connectivity index (χ1n) is 9.81. The van der Waals surface area contributed by atoms with Gasteiger partial charge < -0.3 is 29.0 Å². The number of aliphatic hydroxyl groups is 1. The quantitative estimate of drug-likeness (QED) is 0.498. The number of ether oxygens (including phenoxy) is 4. The van der Waals surface area contributed by atoms with Crippen molar-refractivity contribution in [3.63, 3.8) is 0 Å². The van der Waals surface area contributed by atoms with E-state index in [1.165, 1.54) is 0 Å². The summed E-state index contributed by atoms with van der Waals surface area (Å²) in [6.45, 7) is 0.542. The van der Waals surface area contributed by atoms with Crippen LogP contribution in [-0.4, -0.2) is 62.7 Å². The van der Waals surface area contributed by atoms with Gasteiger partial charge in [0, 0.05) is 11.6 Å². The van der Waals surface area contributed by atoms with Crippen molar-refractivity contribution in [2.45, 2.75) is 24.4 Å². The molecule has 3 aromatic heterocycles. The fourth-order valence-electron chi connectivity index (χ4n) is 3.92. The number of rotatable bonds is 4. The second-order valence-electron chi connectivity index (χ2n) is 7.47. The third-order valence-corrected chi connectivity index (χ3v) is 5.68. The number of aliphatic hydroxyl groups excluding tert-OH is 1. The van der Waals surface area contributed by atoms with Gasteiger partial charge in [-0.3, -0.25) is 4.98 Å². The third-order valence-electron chi connectivity index (χ3n) is 5.41. The molecule has 2 saturated heterocycles. The number of H-pyrrole nitrogens is 1. The van der Waals surface area contributed by atoms with Crippen LogP contribution in [0, 0.1) is 0 Å². The summed E-state index contributed by atoms with van der Waals surface area (Å²) in [5, 5.41) is 11.1. The number of fused-ring (bicyclic) bond motifs is 3. The van der Waals surface area contributed by atoms with Gasteiger partial charge in [-0.25, -0.2) is 0 Å². The minimum Gasteiger partial charge on any atom is -0.456 e. The molecule has 2 aliphatic rings. The molecule has 9 nitrogen and oxygen atoms in total. The van der Waals surface area contributed by atoms with Gasteiger partial charge in [-0.15, -0.1) is 0 Å². The van der Waals surface area contributed by atoms with Crippen molar-refractivity contribution >= 4 is 33.7 Å². The van der Waals surface area contributed by atoms with Crippen molar-refractivity contribution in [1.29, 1.82) is 0 Å². The number of imidazole rings is 1. The number of halogens is 1. The second-order valence-corrected chi connectivity index (χ2v) is 7.88. The Balaban J connectivity index is 1.25. The molecule has 31 heavy (non-hydrogen) atoms. The topological polar surface area (TPSA) is 112 Å². The molecule has 6 rings (SSSR count). The van der Waals surface area contributed by atoms with Crippen LogP contribution >= 0.6 is 11.6 Å². The molecule has 1 unspecified atom stereocenters. The smallest absolute Gasteiger partial charge is 0.296 e. The molecule has 0 bridgehead atoms. The Bertz CT molecular complexity index is 1280. The summed E-state index contributed by atoms with van der Waals surface area (Å²) in [5.74, 6) is 0.828. The van der Waals surface area contributed by atoms with Crippen LogP contribution in [0.25, 0.3) is 22.1 Å². The van der Waals surface area contributed by atoms with Crippen molar-refractivity contribution in [3.8, 4) is 17.6 Å². The zero-order valence-corrected chi connectivity index (χ0v) is 16.8. The van der Waals surface area contributed by atoms with Gasteiger partial charge in [0.15, 0.2) is 11.8 Å². The van der Waals surface area contributed by atoms with Gasteiger partial charge in [0.25, 0.3) is 6.01 Å². The second kappa shape index (κ2) is 7.31. The molecule has 2 fully saturated rings. The highest BCUT2D eigenvalue weighted by atomic mass is 35.5. The fraction of sp³-hybridized carbons (Fsp3) is 0.286. The Kier molecular flexibility index (Phi) is 4.43. The van der Waals surface area contributed by atoms with E-state index in [1.54, 1.807) is 12.3 Å². The molecule has 0 amide bonds. The predicted octanol–water partition coefficient (Wildman–Crippen LogP) is 2.86. The van der Waals surface area contributed by atoms with Crippen LogP contribution in [0.15, 0.2) is 42.6 Å². The molecule has 0 spiro atoms. The predicted molar refractivity (Wildman–Crippen MR) is 111 cm³/mol.